The van der Waals surface area contributed by atoms with Gasteiger partial charge in [-0.05, 0) is 22.7 Å². The fourth-order valence-corrected chi connectivity index (χ4v) is 0. The molecule has 0 spiro atoms. The van der Waals surface area contributed by atoms with Crippen molar-refractivity contribution in [3.63, 3.8) is 0 Å². The molecule has 0 aliphatic carbocycles. The van der Waals surface area contributed by atoms with E-state index < -0.39 is 0 Å². The van der Waals surface area contributed by atoms with E-state index in [1.54, 1.807) is 4.91 Å². The van der Waals surface area contributed by atoms with Crippen LogP contribution in [-0.2, 0) is 0 Å². The minimum Gasteiger partial charge on any atom is -0.377 e. The molecule has 0 radical (unpaired) electrons. The Kier molecular flexibility index (Phi) is 41.8. The molecule has 0 saturated carbocycles. The molecule has 0 fully saturated rings. The van der Waals surface area contributed by atoms with Gasteiger partial charge < -0.3 is 22.5 Å². The Hall–Kier alpha value is -1.69. The smallest absolute Gasteiger partial charge is 0.160 e. The van der Waals surface area contributed by atoms with Gasteiger partial charge in [-0.1, -0.05) is 0 Å². The summed E-state index contributed by atoms with van der Waals surface area (Å²) < 4.78 is 0. The monoisotopic (exact) mass is 161 g/mol. The largest absolute Gasteiger partial charge is 0.377 e. The second-order valence-electron chi connectivity index (χ2n) is 0.592. The van der Waals surface area contributed by atoms with Gasteiger partial charge in [0.15, 0.2) is 5.11 Å². The van der Waals surface area contributed by atoms with Gasteiger partial charge >= 0.3 is 0 Å². The Bertz CT molecular complexity index is 119. The Labute approximate surface area is 61.6 Å². The first kappa shape index (κ1) is 15.7. The van der Waals surface area contributed by atoms with Crippen molar-refractivity contribution in [3.05, 3.63) is 26.4 Å². The van der Waals surface area contributed by atoms with Crippen LogP contribution in [0.5, 0.6) is 0 Å². The third kappa shape index (κ3) is 62.3. The van der Waals surface area contributed by atoms with Crippen LogP contribution in [0.3, 0.4) is 0 Å². The standard InChI is InChI=1S/CH4N2S.HN3.N3/c2-1(3)4;2*1-3-2/h(H4,2,3,4);1H;/q;;-1. The molecule has 56 valence electrons. The molecule has 0 atom stereocenters. The Morgan fingerprint density at radius 1 is 1.30 bits per heavy atom. The van der Waals surface area contributed by atoms with Crippen LogP contribution >= 0.6 is 12.2 Å². The first-order chi connectivity index (χ1) is 4.56. The van der Waals surface area contributed by atoms with Crippen molar-refractivity contribution in [2.75, 3.05) is 0 Å². The average Bonchev–Trinajstić information content (AvgIpc) is 1.65. The molecule has 0 heterocycles. The van der Waals surface area contributed by atoms with Gasteiger partial charge in [0.05, 0.1) is 0 Å². The third-order valence-corrected chi connectivity index (χ3v) is 0. The molecule has 0 amide bonds. The van der Waals surface area contributed by atoms with E-state index in [2.05, 4.69) is 23.7 Å². The summed E-state index contributed by atoms with van der Waals surface area (Å²) in [6.07, 6.45) is 0. The van der Waals surface area contributed by atoms with Crippen molar-refractivity contribution in [1.82, 2.24) is 0 Å². The number of hydrogen-bond donors (Lipinski definition) is 3. The van der Waals surface area contributed by atoms with E-state index in [9.17, 15) is 0 Å². The minimum atomic E-state index is 0.000000000000000222. The fourth-order valence-electron chi connectivity index (χ4n) is 0. The molecule has 0 aliphatic rings. The Morgan fingerprint density at radius 3 is 1.30 bits per heavy atom. The lowest BCUT2D eigenvalue weighted by Gasteiger charge is -1.68. The first-order valence-electron chi connectivity index (χ1n) is 1.61. The quantitative estimate of drug-likeness (QED) is 0.208. The van der Waals surface area contributed by atoms with Crippen LogP contribution < -0.4 is 11.5 Å². The van der Waals surface area contributed by atoms with Crippen molar-refractivity contribution >= 4 is 17.3 Å². The normalized spacial score (nSPS) is 4.00. The van der Waals surface area contributed by atoms with E-state index in [1.165, 1.54) is 4.91 Å². The zero-order valence-electron chi connectivity index (χ0n) is 4.80. The van der Waals surface area contributed by atoms with Gasteiger partial charge in [-0.2, -0.15) is 0 Å². The molecule has 10 heavy (non-hydrogen) atoms. The molecule has 0 bridgehead atoms. The summed E-state index contributed by atoms with van der Waals surface area (Å²) in [5.41, 5.74) is 35.0. The van der Waals surface area contributed by atoms with Crippen molar-refractivity contribution in [1.29, 1.82) is 5.53 Å². The van der Waals surface area contributed by atoms with Crippen LogP contribution in [0.15, 0.2) is 0 Å². The highest BCUT2D eigenvalue weighted by atomic mass is 32.1. The van der Waals surface area contributed by atoms with Crippen LogP contribution in [0.25, 0.3) is 26.4 Å². The Balaban J connectivity index is -0.0000000750. The third-order valence-electron chi connectivity index (χ3n) is 0. The van der Waals surface area contributed by atoms with E-state index in [0.29, 0.717) is 0 Å². The topological polar surface area (TPSA) is 171 Å². The first-order valence-corrected chi connectivity index (χ1v) is 2.01. The second kappa shape index (κ2) is 26.6. The lowest BCUT2D eigenvalue weighted by Crippen LogP contribution is -2.18. The predicted molar refractivity (Wildman–Crippen MR) is 40.5 cm³/mol. The SMILES string of the molecule is NC(N)=S.[N-]=[N+]=N.[N-]=[N+]=[N-]. The van der Waals surface area contributed by atoms with Gasteiger partial charge in [0.25, 0.3) is 0 Å². The summed E-state index contributed by atoms with van der Waals surface area (Å²) in [6, 6.07) is 0. The maximum atomic E-state index is 6.86. The molecule has 9 heteroatoms. The van der Waals surface area contributed by atoms with Crippen molar-refractivity contribution < 1.29 is 0 Å². The number of hydrogen-bond acceptors (Lipinski definition) is 2. The van der Waals surface area contributed by atoms with Gasteiger partial charge in [-0.25, -0.2) is 0 Å². The minimum absolute atomic E-state index is 0.000000000000000222. The molecular formula is CH5N8S-. The Morgan fingerprint density at radius 2 is 1.30 bits per heavy atom. The van der Waals surface area contributed by atoms with E-state index in [1.807, 2.05) is 0 Å². The van der Waals surface area contributed by atoms with E-state index in [0.717, 1.165) is 0 Å². The van der Waals surface area contributed by atoms with Crippen LogP contribution in [0.1, 0.15) is 0 Å². The van der Waals surface area contributed by atoms with Crippen LogP contribution in [0.2, 0.25) is 0 Å². The van der Waals surface area contributed by atoms with Gasteiger partial charge in [0, 0.05) is 0 Å². The summed E-state index contributed by atoms with van der Waals surface area (Å²) >= 11 is 4.09. The van der Waals surface area contributed by atoms with Gasteiger partial charge in [0.2, 0.25) is 0 Å². The van der Waals surface area contributed by atoms with Gasteiger partial charge in [-0.3, -0.25) is 4.91 Å². The number of rotatable bonds is 0. The van der Waals surface area contributed by atoms with Crippen molar-refractivity contribution in [2.24, 2.45) is 11.5 Å². The van der Waals surface area contributed by atoms with Crippen molar-refractivity contribution in [3.8, 4) is 0 Å². The zero-order valence-corrected chi connectivity index (χ0v) is 5.62. The number of nitrogens with two attached hydrogens (primary N) is 2. The molecule has 0 aromatic carbocycles. The fraction of sp³-hybridized carbons (Fsp3) is 0. The highest BCUT2D eigenvalue weighted by molar-refractivity contribution is 7.80. The molecule has 0 aromatic rings. The van der Waals surface area contributed by atoms with Gasteiger partial charge in [-0.15, -0.1) is 5.53 Å². The van der Waals surface area contributed by atoms with E-state index in [4.69, 9.17) is 22.1 Å². The molecule has 0 saturated heterocycles. The number of nitrogens with one attached hydrogen (secondary N) is 1. The van der Waals surface area contributed by atoms with Crippen LogP contribution in [-0.4, -0.2) is 5.11 Å². The highest BCUT2D eigenvalue weighted by Crippen LogP contribution is 1.32. The molecule has 0 unspecified atom stereocenters. The molecule has 0 rings (SSSR count). The number of thiocarbonyl (C=S) groups is 1. The molecule has 0 aliphatic heterocycles. The van der Waals surface area contributed by atoms with Gasteiger partial charge in [0.1, 0.15) is 0 Å². The molecular weight excluding hydrogens is 156 g/mol. The number of nitrogens with zero attached hydrogens (tertiary/aromatic N) is 5. The predicted octanol–water partition coefficient (Wildman–Crippen LogP) is 0.930. The van der Waals surface area contributed by atoms with E-state index >= 15 is 0 Å². The summed E-state index contributed by atoms with van der Waals surface area (Å²) in [5, 5.41) is 0.000000000000000222. The summed E-state index contributed by atoms with van der Waals surface area (Å²) in [7, 11) is 0. The zero-order chi connectivity index (χ0) is 8.99. The molecule has 0 aromatic heterocycles. The lowest BCUT2D eigenvalue weighted by atomic mass is 11.3. The summed E-state index contributed by atoms with van der Waals surface area (Å²) in [4.78, 5) is 3.25. The lowest BCUT2D eigenvalue weighted by molar-refractivity contribution is 1.45. The maximum absolute atomic E-state index is 6.86. The highest BCUT2D eigenvalue weighted by Gasteiger charge is 1.53. The summed E-state index contributed by atoms with van der Waals surface area (Å²) in [5.74, 6) is 0. The average molecular weight is 161 g/mol. The van der Waals surface area contributed by atoms with Crippen molar-refractivity contribution in [2.45, 2.75) is 0 Å². The molecule has 5 N–H and O–H groups in total. The van der Waals surface area contributed by atoms with Crippen LogP contribution in [0.4, 0.5) is 0 Å². The maximum Gasteiger partial charge on any atom is 0.160 e. The second-order valence-corrected chi connectivity index (χ2v) is 1.06. The van der Waals surface area contributed by atoms with E-state index in [-0.39, 0.29) is 5.11 Å². The summed E-state index contributed by atoms with van der Waals surface area (Å²) in [6.45, 7) is 0. The molecule has 8 nitrogen and oxygen atoms in total. The van der Waals surface area contributed by atoms with Crippen LogP contribution in [0, 0.1) is 5.53 Å².